The van der Waals surface area contributed by atoms with Crippen LogP contribution in [0, 0.1) is 0 Å². The predicted octanol–water partition coefficient (Wildman–Crippen LogP) is 15.8. The molecule has 0 saturated carbocycles. The molecular weight excluding hydrogens is 785 g/mol. The summed E-state index contributed by atoms with van der Waals surface area (Å²) in [5.74, 6) is 0. The second kappa shape index (κ2) is 14.5. The van der Waals surface area contributed by atoms with E-state index in [0.717, 1.165) is 0 Å². The third-order valence-electron chi connectivity index (χ3n) is 14.9. The van der Waals surface area contributed by atoms with Crippen molar-refractivity contribution in [3.05, 3.63) is 222 Å². The number of fused-ring (bicyclic) bond motifs is 8. The molecule has 0 amide bonds. The van der Waals surface area contributed by atoms with E-state index < -0.39 is 9.52 Å². The zero-order valence-electron chi connectivity index (χ0n) is 37.3. The summed E-state index contributed by atoms with van der Waals surface area (Å²) in [6, 6.07) is 76.2. The highest BCUT2D eigenvalue weighted by Gasteiger charge is 2.37. The largest absolute Gasteiger partial charge is 0.0708 e. The summed E-state index contributed by atoms with van der Waals surface area (Å²) in [5.41, 5.74) is 23.4. The van der Waals surface area contributed by atoms with Crippen LogP contribution in [0.2, 0.25) is 6.55 Å². The third kappa shape index (κ3) is 5.73. The fourth-order valence-electron chi connectivity index (χ4n) is 11.6. The molecule has 0 aliphatic heterocycles. The SMILES string of the molecule is C[SiH2]c1ccccc1-c1ccc2c(-c3ccc4c(c3)C(C)(C)c3ccccc3-4)c3cc(-c4ccccc4-c4ccccc4)ccc3c(-c3ccc4c(c3)C(C)(C)c3ccccc3-4)c2c1. The Morgan fingerprint density at radius 3 is 1.19 bits per heavy atom. The lowest BCUT2D eigenvalue weighted by Crippen LogP contribution is -2.15. The molecule has 12 rings (SSSR count). The lowest BCUT2D eigenvalue weighted by molar-refractivity contribution is 0.660. The van der Waals surface area contributed by atoms with Crippen LogP contribution in [0.3, 0.4) is 0 Å². The highest BCUT2D eigenvalue weighted by atomic mass is 28.2. The average Bonchev–Trinajstić information content (AvgIpc) is 3.71. The van der Waals surface area contributed by atoms with E-state index in [2.05, 4.69) is 234 Å². The van der Waals surface area contributed by atoms with Crippen molar-refractivity contribution in [2.75, 3.05) is 0 Å². The molecule has 0 nitrogen and oxygen atoms in total. The lowest BCUT2D eigenvalue weighted by atomic mass is 9.79. The van der Waals surface area contributed by atoms with Crippen LogP contribution in [0.4, 0.5) is 0 Å². The molecule has 0 radical (unpaired) electrons. The van der Waals surface area contributed by atoms with E-state index in [-0.39, 0.29) is 10.8 Å². The van der Waals surface area contributed by atoms with Gasteiger partial charge in [0.2, 0.25) is 0 Å². The Morgan fingerprint density at radius 1 is 0.281 bits per heavy atom. The highest BCUT2D eigenvalue weighted by molar-refractivity contribution is 6.54. The van der Waals surface area contributed by atoms with Crippen LogP contribution in [-0.4, -0.2) is 9.52 Å². The summed E-state index contributed by atoms with van der Waals surface area (Å²) >= 11 is 0. The van der Waals surface area contributed by atoms with Crippen molar-refractivity contribution < 1.29 is 0 Å². The zero-order valence-corrected chi connectivity index (χ0v) is 38.7. The number of hydrogen-bond donors (Lipinski definition) is 0. The van der Waals surface area contributed by atoms with Crippen LogP contribution in [0.15, 0.2) is 200 Å². The van der Waals surface area contributed by atoms with Crippen LogP contribution in [-0.2, 0) is 10.8 Å². The van der Waals surface area contributed by atoms with Gasteiger partial charge in [0.15, 0.2) is 0 Å². The second-order valence-corrected chi connectivity index (χ2v) is 20.5. The van der Waals surface area contributed by atoms with Crippen molar-refractivity contribution in [2.24, 2.45) is 0 Å². The van der Waals surface area contributed by atoms with Gasteiger partial charge in [0.25, 0.3) is 0 Å². The van der Waals surface area contributed by atoms with Gasteiger partial charge in [-0.05, 0) is 146 Å². The summed E-state index contributed by atoms with van der Waals surface area (Å²) in [6.07, 6.45) is 0. The molecular formula is C63H50Si. The fraction of sp³-hybridized carbons (Fsp3) is 0.111. The topological polar surface area (TPSA) is 0 Å². The molecule has 0 unspecified atom stereocenters. The Morgan fingerprint density at radius 2 is 0.672 bits per heavy atom. The average molecular weight is 835 g/mol. The van der Waals surface area contributed by atoms with Gasteiger partial charge in [-0.15, -0.1) is 0 Å². The van der Waals surface area contributed by atoms with E-state index in [1.807, 2.05) is 0 Å². The maximum Gasteiger partial charge on any atom is 0.0525 e. The molecule has 10 aromatic rings. The maximum atomic E-state index is 2.52. The van der Waals surface area contributed by atoms with Crippen LogP contribution in [0.25, 0.3) is 99.4 Å². The summed E-state index contributed by atoms with van der Waals surface area (Å²) < 4.78 is 0. The molecule has 0 spiro atoms. The quantitative estimate of drug-likeness (QED) is 0.116. The standard InChI is InChI=1S/C63H50Si/c1-62(2)55-24-14-11-22-47(55)49-31-29-42(37-57(49)62)60-52-34-28-41(46-21-13-16-26-59(46)64-5)36-54(52)61(43-30-32-50-48-23-12-15-25-56(48)63(3,4)58(50)38-43)51-33-27-40(35-53(51)60)45-20-10-9-19-44(45)39-17-7-6-8-18-39/h6-38H,64H2,1-5H3. The Hall–Kier alpha value is -7.06. The first-order chi connectivity index (χ1) is 31.2. The van der Waals surface area contributed by atoms with Crippen LogP contribution >= 0.6 is 0 Å². The van der Waals surface area contributed by atoms with Crippen molar-refractivity contribution in [1.82, 2.24) is 0 Å². The lowest BCUT2D eigenvalue weighted by Gasteiger charge is -2.24. The van der Waals surface area contributed by atoms with Crippen molar-refractivity contribution >= 4 is 36.3 Å². The molecule has 0 aromatic heterocycles. The molecule has 1 heteroatoms. The molecule has 306 valence electrons. The molecule has 0 bridgehead atoms. The first-order valence-corrected chi connectivity index (χ1v) is 25.1. The summed E-state index contributed by atoms with van der Waals surface area (Å²) in [6.45, 7) is 12.0. The highest BCUT2D eigenvalue weighted by Crippen LogP contribution is 2.54. The van der Waals surface area contributed by atoms with Gasteiger partial charge in [-0.3, -0.25) is 0 Å². The molecule has 0 saturated heterocycles. The van der Waals surface area contributed by atoms with Gasteiger partial charge in [0, 0.05) is 10.8 Å². The van der Waals surface area contributed by atoms with Gasteiger partial charge in [-0.1, -0.05) is 215 Å². The monoisotopic (exact) mass is 834 g/mol. The predicted molar refractivity (Wildman–Crippen MR) is 278 cm³/mol. The molecule has 10 aromatic carbocycles. The number of hydrogen-bond acceptors (Lipinski definition) is 0. The van der Waals surface area contributed by atoms with Crippen molar-refractivity contribution in [3.63, 3.8) is 0 Å². The van der Waals surface area contributed by atoms with Crippen LogP contribution < -0.4 is 5.19 Å². The summed E-state index contributed by atoms with van der Waals surface area (Å²) in [5, 5.41) is 6.62. The Balaban J connectivity index is 1.20. The minimum atomic E-state index is -0.412. The van der Waals surface area contributed by atoms with Gasteiger partial charge in [-0.25, -0.2) is 0 Å². The van der Waals surface area contributed by atoms with Crippen molar-refractivity contribution in [3.8, 4) is 77.9 Å². The van der Waals surface area contributed by atoms with Crippen LogP contribution in [0.5, 0.6) is 0 Å². The minimum absolute atomic E-state index is 0.119. The van der Waals surface area contributed by atoms with Gasteiger partial charge in [0.05, 0.1) is 9.52 Å². The summed E-state index contributed by atoms with van der Waals surface area (Å²) in [7, 11) is -0.412. The van der Waals surface area contributed by atoms with E-state index in [9.17, 15) is 0 Å². The molecule has 0 fully saturated rings. The van der Waals surface area contributed by atoms with Crippen molar-refractivity contribution in [1.29, 1.82) is 0 Å². The third-order valence-corrected chi connectivity index (χ3v) is 16.3. The van der Waals surface area contributed by atoms with E-state index in [1.165, 1.54) is 127 Å². The van der Waals surface area contributed by atoms with Gasteiger partial charge in [0.1, 0.15) is 0 Å². The zero-order chi connectivity index (χ0) is 43.3. The van der Waals surface area contributed by atoms with Crippen LogP contribution in [0.1, 0.15) is 49.9 Å². The fourth-order valence-corrected chi connectivity index (χ4v) is 12.7. The van der Waals surface area contributed by atoms with Gasteiger partial charge >= 0.3 is 0 Å². The molecule has 2 aliphatic rings. The Bertz CT molecular complexity index is 3530. The van der Waals surface area contributed by atoms with Gasteiger partial charge in [-0.2, -0.15) is 0 Å². The van der Waals surface area contributed by atoms with E-state index >= 15 is 0 Å². The van der Waals surface area contributed by atoms with E-state index in [4.69, 9.17) is 0 Å². The maximum absolute atomic E-state index is 2.52. The first-order valence-electron chi connectivity index (χ1n) is 23.0. The van der Waals surface area contributed by atoms with Gasteiger partial charge < -0.3 is 0 Å². The number of rotatable bonds is 6. The van der Waals surface area contributed by atoms with Crippen molar-refractivity contribution in [2.45, 2.75) is 45.1 Å². The molecule has 0 atom stereocenters. The normalized spacial score (nSPS) is 14.2. The Labute approximate surface area is 379 Å². The second-order valence-electron chi connectivity index (χ2n) is 19.1. The minimum Gasteiger partial charge on any atom is -0.0708 e. The molecule has 64 heavy (non-hydrogen) atoms. The molecule has 0 heterocycles. The number of benzene rings is 10. The van der Waals surface area contributed by atoms with E-state index in [0.29, 0.717) is 0 Å². The van der Waals surface area contributed by atoms with E-state index in [1.54, 1.807) is 0 Å². The molecule has 0 N–H and O–H groups in total. The first kappa shape index (κ1) is 38.6. The summed E-state index contributed by atoms with van der Waals surface area (Å²) in [4.78, 5) is 0. The smallest absolute Gasteiger partial charge is 0.0525 e. The molecule has 2 aliphatic carbocycles. The Kier molecular flexibility index (Phi) is 8.74.